The minimum absolute atomic E-state index is 0.0160. The number of carboxylic acids is 1. The van der Waals surface area contributed by atoms with Crippen LogP contribution in [0.2, 0.25) is 0 Å². The van der Waals surface area contributed by atoms with Crippen molar-refractivity contribution in [3.63, 3.8) is 0 Å². The average molecular weight is 294 g/mol. The van der Waals surface area contributed by atoms with E-state index in [1.54, 1.807) is 4.68 Å². The highest BCUT2D eigenvalue weighted by Gasteiger charge is 2.20. The number of urea groups is 1. The molecule has 7 heteroatoms. The monoisotopic (exact) mass is 294 g/mol. The quantitative estimate of drug-likeness (QED) is 0.777. The number of carbonyl (C=O) groups is 2. The van der Waals surface area contributed by atoms with Gasteiger partial charge in [0.25, 0.3) is 0 Å². The maximum absolute atomic E-state index is 12.0. The Labute approximate surface area is 123 Å². The number of rotatable bonds is 5. The van der Waals surface area contributed by atoms with Crippen LogP contribution in [0.4, 0.5) is 10.6 Å². The molecule has 2 rings (SSSR count). The van der Waals surface area contributed by atoms with Crippen LogP contribution < -0.4 is 10.6 Å². The van der Waals surface area contributed by atoms with Gasteiger partial charge in [-0.05, 0) is 19.3 Å². The first-order chi connectivity index (χ1) is 10.1. The molecule has 116 valence electrons. The molecule has 1 aliphatic rings. The minimum Gasteiger partial charge on any atom is -0.477 e. The van der Waals surface area contributed by atoms with Crippen molar-refractivity contribution < 1.29 is 14.7 Å². The van der Waals surface area contributed by atoms with Crippen LogP contribution in [0.25, 0.3) is 0 Å². The molecule has 0 spiro atoms. The molecule has 1 fully saturated rings. The van der Waals surface area contributed by atoms with Gasteiger partial charge >= 0.3 is 12.0 Å². The number of nitrogens with one attached hydrogen (secondary N) is 2. The summed E-state index contributed by atoms with van der Waals surface area (Å²) in [6, 6.07) is -0.212. The number of carbonyl (C=O) groups excluding carboxylic acids is 1. The van der Waals surface area contributed by atoms with Gasteiger partial charge in [0.2, 0.25) is 0 Å². The highest BCUT2D eigenvalue weighted by atomic mass is 16.4. The van der Waals surface area contributed by atoms with Crippen molar-refractivity contribution in [3.05, 3.63) is 11.8 Å². The second kappa shape index (κ2) is 7.10. The summed E-state index contributed by atoms with van der Waals surface area (Å²) in [5.74, 6) is -0.991. The van der Waals surface area contributed by atoms with Gasteiger partial charge in [0, 0.05) is 18.8 Å². The first-order valence-electron chi connectivity index (χ1n) is 7.48. The molecule has 1 saturated carbocycles. The Morgan fingerprint density at radius 1 is 1.38 bits per heavy atom. The number of aryl methyl sites for hydroxylation is 1. The smallest absolute Gasteiger partial charge is 0.341 e. The molecule has 1 aromatic heterocycles. The van der Waals surface area contributed by atoms with Crippen LogP contribution in [0.15, 0.2) is 6.20 Å². The minimum atomic E-state index is -1.09. The van der Waals surface area contributed by atoms with Crippen LogP contribution in [0.5, 0.6) is 0 Å². The summed E-state index contributed by atoms with van der Waals surface area (Å²) in [4.78, 5) is 23.1. The molecule has 21 heavy (non-hydrogen) atoms. The molecule has 0 atom stereocenters. The summed E-state index contributed by atoms with van der Waals surface area (Å²) in [6.07, 6.45) is 7.70. The zero-order valence-corrected chi connectivity index (χ0v) is 12.3. The molecule has 0 saturated heterocycles. The predicted octanol–water partition coefficient (Wildman–Crippen LogP) is 2.45. The van der Waals surface area contributed by atoms with E-state index in [1.807, 2.05) is 6.92 Å². The largest absolute Gasteiger partial charge is 0.477 e. The average Bonchev–Trinajstić information content (AvgIpc) is 2.83. The third-order valence-corrected chi connectivity index (χ3v) is 3.62. The predicted molar refractivity (Wildman–Crippen MR) is 78.5 cm³/mol. The Morgan fingerprint density at radius 2 is 2.10 bits per heavy atom. The SMILES string of the molecule is CCCn1cc(C(=O)O)c(NC(=O)NC2CCCCC2)n1. The highest BCUT2D eigenvalue weighted by Crippen LogP contribution is 2.18. The van der Waals surface area contributed by atoms with Crippen molar-refractivity contribution in [2.24, 2.45) is 0 Å². The Kier molecular flexibility index (Phi) is 5.19. The topological polar surface area (TPSA) is 96.3 Å². The first kappa shape index (κ1) is 15.3. The number of aromatic carboxylic acids is 1. The number of aromatic nitrogens is 2. The maximum Gasteiger partial charge on any atom is 0.341 e. The molecule has 0 unspecified atom stereocenters. The van der Waals surface area contributed by atoms with E-state index in [0.717, 1.165) is 32.1 Å². The van der Waals surface area contributed by atoms with E-state index in [9.17, 15) is 9.59 Å². The summed E-state index contributed by atoms with van der Waals surface area (Å²) in [7, 11) is 0. The summed E-state index contributed by atoms with van der Waals surface area (Å²) in [6.45, 7) is 2.59. The second-order valence-corrected chi connectivity index (χ2v) is 5.39. The van der Waals surface area contributed by atoms with Crippen molar-refractivity contribution in [1.29, 1.82) is 0 Å². The summed E-state index contributed by atoms with van der Waals surface area (Å²) < 4.78 is 1.54. The van der Waals surface area contributed by atoms with Crippen molar-refractivity contribution in [3.8, 4) is 0 Å². The van der Waals surface area contributed by atoms with Gasteiger partial charge in [-0.3, -0.25) is 10.00 Å². The van der Waals surface area contributed by atoms with E-state index in [0.29, 0.717) is 6.54 Å². The van der Waals surface area contributed by atoms with Gasteiger partial charge < -0.3 is 10.4 Å². The van der Waals surface area contributed by atoms with Gasteiger partial charge in [-0.1, -0.05) is 26.2 Å². The first-order valence-corrected chi connectivity index (χ1v) is 7.48. The lowest BCUT2D eigenvalue weighted by Gasteiger charge is -2.22. The zero-order valence-electron chi connectivity index (χ0n) is 12.3. The van der Waals surface area contributed by atoms with Crippen molar-refractivity contribution in [1.82, 2.24) is 15.1 Å². The lowest BCUT2D eigenvalue weighted by molar-refractivity contribution is 0.0698. The molecule has 1 aromatic rings. The Morgan fingerprint density at radius 3 is 2.71 bits per heavy atom. The molecule has 2 amide bonds. The molecule has 0 aromatic carbocycles. The van der Waals surface area contributed by atoms with Gasteiger partial charge in [-0.15, -0.1) is 0 Å². The van der Waals surface area contributed by atoms with Crippen molar-refractivity contribution >= 4 is 17.8 Å². The van der Waals surface area contributed by atoms with E-state index >= 15 is 0 Å². The van der Waals surface area contributed by atoms with E-state index in [-0.39, 0.29) is 23.5 Å². The molecule has 0 bridgehead atoms. The zero-order chi connectivity index (χ0) is 15.2. The number of hydrogen-bond acceptors (Lipinski definition) is 3. The highest BCUT2D eigenvalue weighted by molar-refractivity contribution is 5.98. The van der Waals surface area contributed by atoms with Crippen LogP contribution in [-0.2, 0) is 6.54 Å². The summed E-state index contributed by atoms with van der Waals surface area (Å²) >= 11 is 0. The standard InChI is InChI=1S/C14H22N4O3/c1-2-8-18-9-11(13(19)20)12(17-18)16-14(21)15-10-6-4-3-5-7-10/h9-10H,2-8H2,1H3,(H,19,20)(H2,15,16,17,21). The third-order valence-electron chi connectivity index (χ3n) is 3.62. The molecule has 7 nitrogen and oxygen atoms in total. The molecule has 1 aliphatic carbocycles. The second-order valence-electron chi connectivity index (χ2n) is 5.39. The Balaban J connectivity index is 1.99. The fraction of sp³-hybridized carbons (Fsp3) is 0.643. The Hall–Kier alpha value is -2.05. The third kappa shape index (κ3) is 4.21. The fourth-order valence-corrected chi connectivity index (χ4v) is 2.59. The number of anilines is 1. The van der Waals surface area contributed by atoms with Crippen molar-refractivity contribution in [2.45, 2.75) is 58.0 Å². The lowest BCUT2D eigenvalue weighted by atomic mass is 9.96. The van der Waals surface area contributed by atoms with Crippen LogP contribution >= 0.6 is 0 Å². The van der Waals surface area contributed by atoms with E-state index in [2.05, 4.69) is 15.7 Å². The van der Waals surface area contributed by atoms with Crippen LogP contribution in [-0.4, -0.2) is 32.9 Å². The van der Waals surface area contributed by atoms with E-state index in [4.69, 9.17) is 5.11 Å². The molecule has 0 radical (unpaired) electrons. The van der Waals surface area contributed by atoms with Crippen LogP contribution in [0.1, 0.15) is 55.8 Å². The normalized spacial score (nSPS) is 15.7. The number of hydrogen-bond donors (Lipinski definition) is 3. The van der Waals surface area contributed by atoms with Gasteiger partial charge in [-0.25, -0.2) is 9.59 Å². The molecule has 1 heterocycles. The van der Waals surface area contributed by atoms with Gasteiger partial charge in [0.1, 0.15) is 5.56 Å². The number of amides is 2. The van der Waals surface area contributed by atoms with Gasteiger partial charge in [0.05, 0.1) is 0 Å². The molecular weight excluding hydrogens is 272 g/mol. The van der Waals surface area contributed by atoms with Crippen LogP contribution in [0.3, 0.4) is 0 Å². The van der Waals surface area contributed by atoms with Crippen molar-refractivity contribution in [2.75, 3.05) is 5.32 Å². The maximum atomic E-state index is 12.0. The summed E-state index contributed by atoms with van der Waals surface area (Å²) in [5, 5.41) is 18.7. The Bertz CT molecular complexity index is 506. The fourth-order valence-electron chi connectivity index (χ4n) is 2.59. The molecule has 0 aliphatic heterocycles. The van der Waals surface area contributed by atoms with Crippen LogP contribution in [0, 0.1) is 0 Å². The number of carboxylic acid groups (broad SMARTS) is 1. The summed E-state index contributed by atoms with van der Waals surface area (Å²) in [5.41, 5.74) is 0.0160. The molecule has 3 N–H and O–H groups in total. The molecular formula is C14H22N4O3. The van der Waals surface area contributed by atoms with E-state index < -0.39 is 5.97 Å². The van der Waals surface area contributed by atoms with Gasteiger partial charge in [0.15, 0.2) is 5.82 Å². The van der Waals surface area contributed by atoms with Gasteiger partial charge in [-0.2, -0.15) is 5.10 Å². The van der Waals surface area contributed by atoms with E-state index in [1.165, 1.54) is 12.6 Å². The number of nitrogens with zero attached hydrogens (tertiary/aromatic N) is 2. The lowest BCUT2D eigenvalue weighted by Crippen LogP contribution is -2.39.